The predicted octanol–water partition coefficient (Wildman–Crippen LogP) is 1.97. The lowest BCUT2D eigenvalue weighted by molar-refractivity contribution is -0.139. The Morgan fingerprint density at radius 2 is 1.68 bits per heavy atom. The Morgan fingerprint density at radius 1 is 1.04 bits per heavy atom. The largest absolute Gasteiger partial charge is 0.348 e. The van der Waals surface area contributed by atoms with Crippen LogP contribution in [0.4, 0.5) is 0 Å². The van der Waals surface area contributed by atoms with Gasteiger partial charge in [0.05, 0.1) is 6.54 Å². The maximum absolute atomic E-state index is 12.2. The van der Waals surface area contributed by atoms with Crippen LogP contribution in [0.25, 0.3) is 0 Å². The van der Waals surface area contributed by atoms with E-state index in [4.69, 9.17) is 0 Å². The minimum atomic E-state index is -0.180. The number of carbonyl (C=O) groups is 3. The van der Waals surface area contributed by atoms with Gasteiger partial charge in [-0.15, -0.1) is 0 Å². The second kappa shape index (κ2) is 7.25. The molecule has 0 unspecified atom stereocenters. The van der Waals surface area contributed by atoms with Crippen LogP contribution in [0.2, 0.25) is 0 Å². The Balaban J connectivity index is 1.57. The molecule has 3 amide bonds. The molecular formula is C19H19N3O3. The van der Waals surface area contributed by atoms with Crippen LogP contribution in [0, 0.1) is 6.92 Å². The first-order chi connectivity index (χ1) is 12.0. The van der Waals surface area contributed by atoms with Gasteiger partial charge in [-0.1, -0.05) is 18.2 Å². The second-order valence-electron chi connectivity index (χ2n) is 6.06. The molecule has 25 heavy (non-hydrogen) atoms. The van der Waals surface area contributed by atoms with Crippen LogP contribution in [0.15, 0.2) is 42.6 Å². The first kappa shape index (κ1) is 16.8. The van der Waals surface area contributed by atoms with E-state index in [0.717, 1.165) is 16.8 Å². The molecule has 0 radical (unpaired) electrons. The molecule has 1 saturated heterocycles. The Morgan fingerprint density at radius 3 is 2.28 bits per heavy atom. The van der Waals surface area contributed by atoms with E-state index < -0.39 is 0 Å². The molecule has 0 saturated carbocycles. The van der Waals surface area contributed by atoms with Gasteiger partial charge in [0.1, 0.15) is 0 Å². The van der Waals surface area contributed by atoms with Crippen molar-refractivity contribution in [3.05, 3.63) is 65.0 Å². The first-order valence-electron chi connectivity index (χ1n) is 8.15. The molecule has 0 bridgehead atoms. The molecule has 0 spiro atoms. The average molecular weight is 337 g/mol. The smallest absolute Gasteiger partial charge is 0.251 e. The van der Waals surface area contributed by atoms with E-state index in [9.17, 15) is 14.4 Å². The fourth-order valence-electron chi connectivity index (χ4n) is 2.63. The van der Waals surface area contributed by atoms with Crippen molar-refractivity contribution in [3.8, 4) is 0 Å². The molecular weight excluding hydrogens is 318 g/mol. The summed E-state index contributed by atoms with van der Waals surface area (Å²) in [6.45, 7) is 2.58. The molecule has 6 nitrogen and oxygen atoms in total. The summed E-state index contributed by atoms with van der Waals surface area (Å²) in [5, 5.41) is 2.84. The van der Waals surface area contributed by atoms with Gasteiger partial charge in [0.15, 0.2) is 0 Å². The molecule has 0 atom stereocenters. The van der Waals surface area contributed by atoms with Crippen molar-refractivity contribution in [2.75, 3.05) is 0 Å². The Kier molecular flexibility index (Phi) is 4.88. The van der Waals surface area contributed by atoms with Crippen LogP contribution in [0.5, 0.6) is 0 Å². The number of benzene rings is 1. The standard InChI is InChI=1S/C19H19N3O3/c1-13-2-3-15(10-20-13)11-21-19(25)16-6-4-14(5-7-16)12-22-17(23)8-9-18(22)24/h2-7,10H,8-9,11-12H2,1H3,(H,21,25). The van der Waals surface area contributed by atoms with Crippen molar-refractivity contribution >= 4 is 17.7 Å². The number of hydrogen-bond donors (Lipinski definition) is 1. The first-order valence-corrected chi connectivity index (χ1v) is 8.15. The monoisotopic (exact) mass is 337 g/mol. The average Bonchev–Trinajstić information content (AvgIpc) is 2.93. The number of aryl methyl sites for hydroxylation is 1. The molecule has 1 aliphatic heterocycles. The highest BCUT2D eigenvalue weighted by Gasteiger charge is 2.28. The maximum Gasteiger partial charge on any atom is 0.251 e. The van der Waals surface area contributed by atoms with Crippen LogP contribution in [-0.2, 0) is 22.7 Å². The lowest BCUT2D eigenvalue weighted by atomic mass is 10.1. The number of pyridine rings is 1. The van der Waals surface area contributed by atoms with Crippen LogP contribution in [0.3, 0.4) is 0 Å². The molecule has 2 heterocycles. The Labute approximate surface area is 145 Å². The normalized spacial score (nSPS) is 14.0. The van der Waals surface area contributed by atoms with Crippen LogP contribution < -0.4 is 5.32 Å². The van der Waals surface area contributed by atoms with E-state index in [0.29, 0.717) is 12.1 Å². The zero-order chi connectivity index (χ0) is 17.8. The molecule has 1 N–H and O–H groups in total. The highest BCUT2D eigenvalue weighted by molar-refractivity contribution is 6.01. The number of hydrogen-bond acceptors (Lipinski definition) is 4. The summed E-state index contributed by atoms with van der Waals surface area (Å²) < 4.78 is 0. The van der Waals surface area contributed by atoms with E-state index in [1.807, 2.05) is 19.1 Å². The number of carbonyl (C=O) groups excluding carboxylic acids is 3. The lowest BCUT2D eigenvalue weighted by Gasteiger charge is -2.14. The van der Waals surface area contributed by atoms with Gasteiger partial charge in [0.2, 0.25) is 11.8 Å². The van der Waals surface area contributed by atoms with E-state index in [-0.39, 0.29) is 37.1 Å². The number of aromatic nitrogens is 1. The summed E-state index contributed by atoms with van der Waals surface area (Å²) in [7, 11) is 0. The van der Waals surface area contributed by atoms with E-state index in [2.05, 4.69) is 10.3 Å². The van der Waals surface area contributed by atoms with Gasteiger partial charge in [-0.3, -0.25) is 24.3 Å². The summed E-state index contributed by atoms with van der Waals surface area (Å²) in [4.78, 5) is 40.9. The van der Waals surface area contributed by atoms with E-state index in [1.165, 1.54) is 4.90 Å². The van der Waals surface area contributed by atoms with Gasteiger partial charge in [-0.2, -0.15) is 0 Å². The third-order valence-corrected chi connectivity index (χ3v) is 4.14. The summed E-state index contributed by atoms with van der Waals surface area (Å²) in [5.41, 5.74) is 3.22. The van der Waals surface area contributed by atoms with Gasteiger partial charge in [-0.05, 0) is 36.2 Å². The predicted molar refractivity (Wildman–Crippen MR) is 91.4 cm³/mol. The fraction of sp³-hybridized carbons (Fsp3) is 0.263. The molecule has 6 heteroatoms. The van der Waals surface area contributed by atoms with Crippen molar-refractivity contribution in [1.82, 2.24) is 15.2 Å². The van der Waals surface area contributed by atoms with E-state index >= 15 is 0 Å². The zero-order valence-corrected chi connectivity index (χ0v) is 14.0. The van der Waals surface area contributed by atoms with Crippen molar-refractivity contribution in [1.29, 1.82) is 0 Å². The van der Waals surface area contributed by atoms with Gasteiger partial charge >= 0.3 is 0 Å². The molecule has 1 aliphatic rings. The number of amides is 3. The van der Waals surface area contributed by atoms with Crippen molar-refractivity contribution in [2.24, 2.45) is 0 Å². The van der Waals surface area contributed by atoms with Crippen LogP contribution in [-0.4, -0.2) is 27.6 Å². The number of likely N-dealkylation sites (tertiary alicyclic amines) is 1. The molecule has 2 aromatic rings. The fourth-order valence-corrected chi connectivity index (χ4v) is 2.63. The highest BCUT2D eigenvalue weighted by Crippen LogP contribution is 2.16. The minimum absolute atomic E-state index is 0.140. The molecule has 1 fully saturated rings. The van der Waals surface area contributed by atoms with Crippen LogP contribution in [0.1, 0.15) is 40.0 Å². The van der Waals surface area contributed by atoms with Gasteiger partial charge in [-0.25, -0.2) is 0 Å². The lowest BCUT2D eigenvalue weighted by Crippen LogP contribution is -2.28. The van der Waals surface area contributed by atoms with Crippen molar-refractivity contribution < 1.29 is 14.4 Å². The second-order valence-corrected chi connectivity index (χ2v) is 6.06. The van der Waals surface area contributed by atoms with Gasteiger partial charge < -0.3 is 5.32 Å². The summed E-state index contributed by atoms with van der Waals surface area (Å²) in [6, 6.07) is 10.8. The topological polar surface area (TPSA) is 79.4 Å². The molecule has 1 aromatic carbocycles. The van der Waals surface area contributed by atoms with Gasteiger partial charge in [0, 0.05) is 36.8 Å². The quantitative estimate of drug-likeness (QED) is 0.846. The SMILES string of the molecule is Cc1ccc(CNC(=O)c2ccc(CN3C(=O)CCC3=O)cc2)cn1. The summed E-state index contributed by atoms with van der Waals surface area (Å²) >= 11 is 0. The number of nitrogens with one attached hydrogen (secondary N) is 1. The van der Waals surface area contributed by atoms with Crippen molar-refractivity contribution in [3.63, 3.8) is 0 Å². The number of rotatable bonds is 5. The molecule has 1 aromatic heterocycles. The summed E-state index contributed by atoms with van der Waals surface area (Å²) in [6.07, 6.45) is 2.31. The van der Waals surface area contributed by atoms with E-state index in [1.54, 1.807) is 30.5 Å². The molecule has 0 aliphatic carbocycles. The minimum Gasteiger partial charge on any atom is -0.348 e. The maximum atomic E-state index is 12.2. The van der Waals surface area contributed by atoms with Gasteiger partial charge in [0.25, 0.3) is 5.91 Å². The Bertz CT molecular complexity index is 782. The third kappa shape index (κ3) is 4.09. The number of nitrogens with zero attached hydrogens (tertiary/aromatic N) is 2. The number of imide groups is 1. The molecule has 3 rings (SSSR count). The highest BCUT2D eigenvalue weighted by atomic mass is 16.2. The summed E-state index contributed by atoms with van der Waals surface area (Å²) in [5.74, 6) is -0.461. The zero-order valence-electron chi connectivity index (χ0n) is 14.0. The van der Waals surface area contributed by atoms with Crippen molar-refractivity contribution in [2.45, 2.75) is 32.9 Å². The third-order valence-electron chi connectivity index (χ3n) is 4.14. The molecule has 128 valence electrons. The van der Waals surface area contributed by atoms with Crippen LogP contribution >= 0.6 is 0 Å². The Hall–Kier alpha value is -3.02.